The minimum Gasteiger partial charge on any atom is -0.376 e. The van der Waals surface area contributed by atoms with Crippen molar-refractivity contribution in [2.24, 2.45) is 11.7 Å². The fourth-order valence-electron chi connectivity index (χ4n) is 1.49. The molecule has 2 nitrogen and oxygen atoms in total. The maximum Gasteiger partial charge on any atom is 0.0809 e. The van der Waals surface area contributed by atoms with E-state index in [9.17, 15) is 0 Å². The van der Waals surface area contributed by atoms with E-state index in [0.717, 1.165) is 24.0 Å². The summed E-state index contributed by atoms with van der Waals surface area (Å²) in [6, 6.07) is 4.12. The number of hydrogen-bond acceptors (Lipinski definition) is 3. The number of nitrogens with two attached hydrogens (primary N) is 1. The van der Waals surface area contributed by atoms with Crippen molar-refractivity contribution in [3.05, 3.63) is 21.9 Å². The molecule has 86 valence electrons. The maximum atomic E-state index is 5.63. The van der Waals surface area contributed by atoms with E-state index >= 15 is 0 Å². The topological polar surface area (TPSA) is 35.2 Å². The smallest absolute Gasteiger partial charge is 0.0809 e. The fraction of sp³-hybridized carbons (Fsp3) is 0.538. The Hall–Kier alpha value is -0.820. The van der Waals surface area contributed by atoms with Crippen LogP contribution in [0.3, 0.4) is 0 Å². The van der Waals surface area contributed by atoms with Gasteiger partial charge in [0.2, 0.25) is 0 Å². The normalized spacial score (nSPS) is 14.6. The summed E-state index contributed by atoms with van der Waals surface area (Å²) in [7, 11) is 0. The van der Waals surface area contributed by atoms with Gasteiger partial charge in [-0.05, 0) is 24.5 Å². The molecular weight excluding hydrogens is 218 g/mol. The third-order valence-electron chi connectivity index (χ3n) is 2.59. The molecule has 0 amide bonds. The molecule has 0 aromatic carbocycles. The van der Waals surface area contributed by atoms with Crippen molar-refractivity contribution in [1.82, 2.24) is 0 Å². The first-order valence-corrected chi connectivity index (χ1v) is 6.55. The highest BCUT2D eigenvalue weighted by Gasteiger charge is 2.20. The lowest BCUT2D eigenvalue weighted by Gasteiger charge is -2.00. The Bertz CT molecular complexity index is 384. The first kappa shape index (κ1) is 11.7. The number of ether oxygens (including phenoxy) is 1. The van der Waals surface area contributed by atoms with Gasteiger partial charge >= 0.3 is 0 Å². The summed E-state index contributed by atoms with van der Waals surface area (Å²) in [6.45, 7) is 2.04. The third kappa shape index (κ3) is 3.97. The molecule has 2 N–H and O–H groups in total. The fourth-order valence-corrected chi connectivity index (χ4v) is 2.31. The van der Waals surface area contributed by atoms with Gasteiger partial charge in [0.15, 0.2) is 0 Å². The Balaban J connectivity index is 1.69. The molecule has 1 fully saturated rings. The van der Waals surface area contributed by atoms with Crippen LogP contribution in [-0.4, -0.2) is 13.2 Å². The molecule has 2 rings (SSSR count). The molecule has 1 heterocycles. The van der Waals surface area contributed by atoms with Crippen molar-refractivity contribution in [3.63, 3.8) is 0 Å². The predicted octanol–water partition coefficient (Wildman–Crippen LogP) is 2.38. The van der Waals surface area contributed by atoms with Crippen LogP contribution in [-0.2, 0) is 11.3 Å². The third-order valence-corrected chi connectivity index (χ3v) is 3.56. The largest absolute Gasteiger partial charge is 0.376 e. The van der Waals surface area contributed by atoms with Crippen LogP contribution in [0.15, 0.2) is 12.1 Å². The van der Waals surface area contributed by atoms with Crippen LogP contribution in [0.1, 0.15) is 29.0 Å². The monoisotopic (exact) mass is 235 g/mol. The molecule has 0 spiro atoms. The summed E-state index contributed by atoms with van der Waals surface area (Å²) in [6.07, 6.45) is 4.04. The molecule has 0 aliphatic heterocycles. The first-order chi connectivity index (χ1) is 7.88. The van der Waals surface area contributed by atoms with Gasteiger partial charge in [-0.3, -0.25) is 0 Å². The van der Waals surface area contributed by atoms with Crippen LogP contribution in [0.2, 0.25) is 0 Å². The highest BCUT2D eigenvalue weighted by atomic mass is 32.1. The predicted molar refractivity (Wildman–Crippen MR) is 67.2 cm³/mol. The van der Waals surface area contributed by atoms with Crippen molar-refractivity contribution in [2.45, 2.75) is 25.9 Å². The molecule has 0 atom stereocenters. The Kier molecular flexibility index (Phi) is 4.41. The highest BCUT2D eigenvalue weighted by Crippen LogP contribution is 2.32. The molecule has 3 heteroatoms. The second-order valence-corrected chi connectivity index (χ2v) is 5.22. The van der Waals surface area contributed by atoms with Crippen molar-refractivity contribution in [1.29, 1.82) is 0 Å². The van der Waals surface area contributed by atoms with E-state index in [4.69, 9.17) is 10.5 Å². The minimum atomic E-state index is 0.422. The summed E-state index contributed by atoms with van der Waals surface area (Å²) >= 11 is 1.69. The molecule has 1 aliphatic carbocycles. The van der Waals surface area contributed by atoms with Crippen molar-refractivity contribution >= 4 is 11.3 Å². The zero-order valence-electron chi connectivity index (χ0n) is 9.37. The van der Waals surface area contributed by atoms with Gasteiger partial charge in [0.1, 0.15) is 0 Å². The zero-order chi connectivity index (χ0) is 11.2. The van der Waals surface area contributed by atoms with E-state index in [1.807, 2.05) is 6.07 Å². The van der Waals surface area contributed by atoms with E-state index < -0.39 is 0 Å². The Labute approximate surface area is 101 Å². The van der Waals surface area contributed by atoms with Crippen LogP contribution < -0.4 is 5.73 Å². The summed E-state index contributed by atoms with van der Waals surface area (Å²) in [5.74, 6) is 6.84. The average Bonchev–Trinajstić information content (AvgIpc) is 3.01. The molecule has 0 unspecified atom stereocenters. The van der Waals surface area contributed by atoms with E-state index in [2.05, 4.69) is 17.9 Å². The molecule has 0 saturated heterocycles. The van der Waals surface area contributed by atoms with Crippen LogP contribution in [0, 0.1) is 17.8 Å². The first-order valence-electron chi connectivity index (χ1n) is 5.74. The Morgan fingerprint density at radius 3 is 3.06 bits per heavy atom. The van der Waals surface area contributed by atoms with E-state index in [1.165, 1.54) is 24.1 Å². The lowest BCUT2D eigenvalue weighted by Crippen LogP contribution is -1.94. The zero-order valence-corrected chi connectivity index (χ0v) is 10.2. The van der Waals surface area contributed by atoms with Gasteiger partial charge in [0, 0.05) is 11.5 Å². The summed E-state index contributed by atoms with van der Waals surface area (Å²) in [5.41, 5.74) is 5.32. The molecule has 1 aliphatic rings. The average molecular weight is 235 g/mol. The number of rotatable bonds is 5. The minimum absolute atomic E-state index is 0.422. The van der Waals surface area contributed by atoms with Gasteiger partial charge in [0.25, 0.3) is 0 Å². The van der Waals surface area contributed by atoms with Crippen LogP contribution in [0.5, 0.6) is 0 Å². The SMILES string of the molecule is NCC#Cc1ccc(COCCC2CC2)s1. The lowest BCUT2D eigenvalue weighted by atomic mass is 10.3. The molecule has 1 aromatic rings. The van der Waals surface area contributed by atoms with Gasteiger partial charge < -0.3 is 10.5 Å². The van der Waals surface area contributed by atoms with Gasteiger partial charge in [-0.25, -0.2) is 0 Å². The summed E-state index contributed by atoms with van der Waals surface area (Å²) in [4.78, 5) is 2.32. The highest BCUT2D eigenvalue weighted by molar-refractivity contribution is 7.12. The number of thiophene rings is 1. The Morgan fingerprint density at radius 2 is 2.31 bits per heavy atom. The van der Waals surface area contributed by atoms with Crippen molar-refractivity contribution < 1.29 is 4.74 Å². The van der Waals surface area contributed by atoms with Gasteiger partial charge in [-0.2, -0.15) is 0 Å². The standard InChI is InChI=1S/C13H17NOS/c14-8-1-2-12-5-6-13(16-12)10-15-9-7-11-3-4-11/h5-6,11H,3-4,7-10,14H2. The molecule has 1 saturated carbocycles. The van der Waals surface area contributed by atoms with Crippen LogP contribution in [0.4, 0.5) is 0 Å². The molecule has 16 heavy (non-hydrogen) atoms. The molecule has 1 aromatic heterocycles. The number of hydrogen-bond donors (Lipinski definition) is 1. The van der Waals surface area contributed by atoms with Gasteiger partial charge in [-0.15, -0.1) is 11.3 Å². The second kappa shape index (κ2) is 6.05. The van der Waals surface area contributed by atoms with Crippen LogP contribution >= 0.6 is 11.3 Å². The Morgan fingerprint density at radius 1 is 1.44 bits per heavy atom. The van der Waals surface area contributed by atoms with E-state index in [-0.39, 0.29) is 0 Å². The van der Waals surface area contributed by atoms with Crippen molar-refractivity contribution in [3.8, 4) is 11.8 Å². The second-order valence-electron chi connectivity index (χ2n) is 4.06. The molecule has 0 radical (unpaired) electrons. The van der Waals surface area contributed by atoms with Gasteiger partial charge in [-0.1, -0.05) is 24.7 Å². The van der Waals surface area contributed by atoms with Crippen molar-refractivity contribution in [2.75, 3.05) is 13.2 Å². The van der Waals surface area contributed by atoms with Gasteiger partial charge in [0.05, 0.1) is 18.0 Å². The summed E-state index contributed by atoms with van der Waals surface area (Å²) < 4.78 is 5.63. The van der Waals surface area contributed by atoms with Crippen LogP contribution in [0.25, 0.3) is 0 Å². The molecule has 0 bridgehead atoms. The molecular formula is C13H17NOS. The summed E-state index contributed by atoms with van der Waals surface area (Å²) in [5, 5.41) is 0. The maximum absolute atomic E-state index is 5.63. The van der Waals surface area contributed by atoms with E-state index in [0.29, 0.717) is 6.54 Å². The van der Waals surface area contributed by atoms with E-state index in [1.54, 1.807) is 11.3 Å². The lowest BCUT2D eigenvalue weighted by molar-refractivity contribution is 0.117. The quantitative estimate of drug-likeness (QED) is 0.628.